The van der Waals surface area contributed by atoms with E-state index in [0.29, 0.717) is 17.1 Å². The minimum atomic E-state index is -0.383. The van der Waals surface area contributed by atoms with E-state index in [-0.39, 0.29) is 11.7 Å². The Balaban J connectivity index is 1.68. The van der Waals surface area contributed by atoms with Gasteiger partial charge in [0.1, 0.15) is 11.6 Å². The first-order valence-corrected chi connectivity index (χ1v) is 7.79. The first-order chi connectivity index (χ1) is 12.0. The van der Waals surface area contributed by atoms with Crippen LogP contribution < -0.4 is 10.1 Å². The molecule has 0 atom stereocenters. The number of nitrogens with one attached hydrogen (secondary N) is 1. The summed E-state index contributed by atoms with van der Waals surface area (Å²) < 4.78 is 18.7. The lowest BCUT2D eigenvalue weighted by molar-refractivity contribution is 0.102. The van der Waals surface area contributed by atoms with Gasteiger partial charge in [-0.2, -0.15) is 0 Å². The Morgan fingerprint density at radius 1 is 1.04 bits per heavy atom. The van der Waals surface area contributed by atoms with Crippen LogP contribution in [-0.2, 0) is 0 Å². The SMILES string of the molecule is Cc1ccc(C)c(Oc2ccc(NC(=O)c3ccc(F)cc3)cn2)c1. The fourth-order valence-corrected chi connectivity index (χ4v) is 2.25. The fraction of sp³-hybridized carbons (Fsp3) is 0.100. The highest BCUT2D eigenvalue weighted by molar-refractivity contribution is 6.04. The number of carbonyl (C=O) groups excluding carboxylic acids is 1. The normalized spacial score (nSPS) is 10.4. The van der Waals surface area contributed by atoms with Crippen molar-refractivity contribution in [3.63, 3.8) is 0 Å². The van der Waals surface area contributed by atoms with E-state index >= 15 is 0 Å². The number of amides is 1. The third-order valence-corrected chi connectivity index (χ3v) is 3.66. The Hall–Kier alpha value is -3.21. The zero-order valence-electron chi connectivity index (χ0n) is 13.9. The van der Waals surface area contributed by atoms with Crippen LogP contribution >= 0.6 is 0 Å². The van der Waals surface area contributed by atoms with E-state index in [9.17, 15) is 9.18 Å². The van der Waals surface area contributed by atoms with Crippen molar-refractivity contribution in [3.8, 4) is 11.6 Å². The molecule has 126 valence electrons. The van der Waals surface area contributed by atoms with Gasteiger partial charge in [0.25, 0.3) is 5.91 Å². The van der Waals surface area contributed by atoms with E-state index in [1.54, 1.807) is 12.1 Å². The molecule has 0 aliphatic carbocycles. The van der Waals surface area contributed by atoms with Crippen molar-refractivity contribution in [1.82, 2.24) is 4.98 Å². The molecule has 0 radical (unpaired) electrons. The molecule has 0 bridgehead atoms. The van der Waals surface area contributed by atoms with Gasteiger partial charge in [-0.3, -0.25) is 4.79 Å². The second-order valence-corrected chi connectivity index (χ2v) is 5.72. The van der Waals surface area contributed by atoms with Gasteiger partial charge < -0.3 is 10.1 Å². The Kier molecular flexibility index (Phi) is 4.75. The Labute approximate surface area is 145 Å². The zero-order chi connectivity index (χ0) is 17.8. The first kappa shape index (κ1) is 16.6. The molecule has 1 N–H and O–H groups in total. The number of nitrogens with zero attached hydrogens (tertiary/aromatic N) is 1. The van der Waals surface area contributed by atoms with Crippen molar-refractivity contribution in [3.05, 3.63) is 83.3 Å². The first-order valence-electron chi connectivity index (χ1n) is 7.79. The van der Waals surface area contributed by atoms with Gasteiger partial charge in [0.2, 0.25) is 5.88 Å². The number of aryl methyl sites for hydroxylation is 2. The van der Waals surface area contributed by atoms with Gasteiger partial charge in [-0.05, 0) is 61.4 Å². The number of halogens is 1. The number of carbonyl (C=O) groups is 1. The third kappa shape index (κ3) is 4.20. The molecule has 1 amide bonds. The second kappa shape index (κ2) is 7.13. The number of anilines is 1. The largest absolute Gasteiger partial charge is 0.439 e. The van der Waals surface area contributed by atoms with Gasteiger partial charge in [0, 0.05) is 11.6 Å². The topological polar surface area (TPSA) is 51.2 Å². The molecule has 0 aliphatic rings. The molecule has 0 saturated heterocycles. The molecule has 5 heteroatoms. The van der Waals surface area contributed by atoms with Crippen molar-refractivity contribution in [1.29, 1.82) is 0 Å². The van der Waals surface area contributed by atoms with Crippen molar-refractivity contribution < 1.29 is 13.9 Å². The quantitative estimate of drug-likeness (QED) is 0.738. The molecule has 3 rings (SSSR count). The Morgan fingerprint density at radius 2 is 1.80 bits per heavy atom. The minimum Gasteiger partial charge on any atom is -0.439 e. The molecule has 4 nitrogen and oxygen atoms in total. The molecule has 0 saturated carbocycles. The summed E-state index contributed by atoms with van der Waals surface area (Å²) >= 11 is 0. The van der Waals surface area contributed by atoms with Crippen molar-refractivity contribution in [2.45, 2.75) is 13.8 Å². The lowest BCUT2D eigenvalue weighted by atomic mass is 10.1. The molecule has 0 spiro atoms. The number of aromatic nitrogens is 1. The van der Waals surface area contributed by atoms with E-state index in [2.05, 4.69) is 10.3 Å². The number of rotatable bonds is 4. The summed E-state index contributed by atoms with van der Waals surface area (Å²) in [6.07, 6.45) is 1.52. The molecular formula is C20H17FN2O2. The Bertz CT molecular complexity index is 891. The van der Waals surface area contributed by atoms with Crippen LogP contribution in [0.2, 0.25) is 0 Å². The van der Waals surface area contributed by atoms with Crippen molar-refractivity contribution >= 4 is 11.6 Å². The molecular weight excluding hydrogens is 319 g/mol. The third-order valence-electron chi connectivity index (χ3n) is 3.66. The van der Waals surface area contributed by atoms with Gasteiger partial charge in [-0.15, -0.1) is 0 Å². The van der Waals surface area contributed by atoms with Crippen LogP contribution in [0.4, 0.5) is 10.1 Å². The zero-order valence-corrected chi connectivity index (χ0v) is 13.9. The van der Waals surface area contributed by atoms with Crippen LogP contribution in [0, 0.1) is 19.7 Å². The predicted molar refractivity (Wildman–Crippen MR) is 94.6 cm³/mol. The number of hydrogen-bond acceptors (Lipinski definition) is 3. The van der Waals surface area contributed by atoms with Gasteiger partial charge in [0.15, 0.2) is 0 Å². The monoisotopic (exact) mass is 336 g/mol. The summed E-state index contributed by atoms with van der Waals surface area (Å²) in [5, 5.41) is 2.71. The summed E-state index contributed by atoms with van der Waals surface area (Å²) in [6.45, 7) is 3.96. The van der Waals surface area contributed by atoms with Crippen LogP contribution in [0.1, 0.15) is 21.5 Å². The molecule has 0 aliphatic heterocycles. The maximum absolute atomic E-state index is 12.9. The molecule has 1 heterocycles. The van der Waals surface area contributed by atoms with Gasteiger partial charge >= 0.3 is 0 Å². The molecule has 3 aromatic rings. The molecule has 0 unspecified atom stereocenters. The van der Waals surface area contributed by atoms with Gasteiger partial charge in [0.05, 0.1) is 11.9 Å². The molecule has 1 aromatic heterocycles. The standard InChI is InChI=1S/C20H17FN2O2/c1-13-3-4-14(2)18(11-13)25-19-10-9-17(12-22-19)23-20(24)15-5-7-16(21)8-6-15/h3-12H,1-2H3,(H,23,24). The number of ether oxygens (including phenoxy) is 1. The van der Waals surface area contributed by atoms with E-state index in [0.717, 1.165) is 16.9 Å². The summed E-state index contributed by atoms with van der Waals surface area (Å²) in [6, 6.07) is 14.7. The van der Waals surface area contributed by atoms with Gasteiger partial charge in [-0.1, -0.05) is 12.1 Å². The number of benzene rings is 2. The summed E-state index contributed by atoms with van der Waals surface area (Å²) in [4.78, 5) is 16.3. The summed E-state index contributed by atoms with van der Waals surface area (Å²) in [7, 11) is 0. The minimum absolute atomic E-state index is 0.329. The summed E-state index contributed by atoms with van der Waals surface area (Å²) in [5.74, 6) is 0.472. The maximum atomic E-state index is 12.9. The predicted octanol–water partition coefficient (Wildman–Crippen LogP) is 4.88. The lowest BCUT2D eigenvalue weighted by Crippen LogP contribution is -2.11. The number of hydrogen-bond donors (Lipinski definition) is 1. The number of pyridine rings is 1. The van der Waals surface area contributed by atoms with E-state index in [4.69, 9.17) is 4.74 Å². The average Bonchev–Trinajstić information content (AvgIpc) is 2.60. The van der Waals surface area contributed by atoms with E-state index in [1.807, 2.05) is 32.0 Å². The summed E-state index contributed by atoms with van der Waals surface area (Å²) in [5.41, 5.74) is 3.02. The average molecular weight is 336 g/mol. The van der Waals surface area contributed by atoms with Crippen LogP contribution in [-0.4, -0.2) is 10.9 Å². The van der Waals surface area contributed by atoms with E-state index in [1.165, 1.54) is 30.5 Å². The van der Waals surface area contributed by atoms with Crippen molar-refractivity contribution in [2.75, 3.05) is 5.32 Å². The van der Waals surface area contributed by atoms with Crippen LogP contribution in [0.25, 0.3) is 0 Å². The highest BCUT2D eigenvalue weighted by atomic mass is 19.1. The fourth-order valence-electron chi connectivity index (χ4n) is 2.25. The molecule has 2 aromatic carbocycles. The molecule has 25 heavy (non-hydrogen) atoms. The highest BCUT2D eigenvalue weighted by Crippen LogP contribution is 2.25. The van der Waals surface area contributed by atoms with Crippen LogP contribution in [0.5, 0.6) is 11.6 Å². The van der Waals surface area contributed by atoms with Crippen LogP contribution in [0.15, 0.2) is 60.8 Å². The highest BCUT2D eigenvalue weighted by Gasteiger charge is 2.07. The maximum Gasteiger partial charge on any atom is 0.255 e. The smallest absolute Gasteiger partial charge is 0.255 e. The van der Waals surface area contributed by atoms with Gasteiger partial charge in [-0.25, -0.2) is 9.37 Å². The van der Waals surface area contributed by atoms with E-state index < -0.39 is 0 Å². The lowest BCUT2D eigenvalue weighted by Gasteiger charge is -2.10. The Morgan fingerprint density at radius 3 is 2.48 bits per heavy atom. The van der Waals surface area contributed by atoms with Crippen LogP contribution in [0.3, 0.4) is 0 Å². The van der Waals surface area contributed by atoms with Crippen molar-refractivity contribution in [2.24, 2.45) is 0 Å². The molecule has 0 fully saturated rings. The second-order valence-electron chi connectivity index (χ2n) is 5.72.